The van der Waals surface area contributed by atoms with E-state index in [0.29, 0.717) is 12.1 Å². The molecule has 0 spiro atoms. The summed E-state index contributed by atoms with van der Waals surface area (Å²) in [5, 5.41) is 10.0. The van der Waals surface area contributed by atoms with E-state index in [1.54, 1.807) is 11.0 Å². The summed E-state index contributed by atoms with van der Waals surface area (Å²) in [5.74, 6) is -1.36. The number of hydrogen-bond donors (Lipinski definition) is 1. The van der Waals surface area contributed by atoms with Gasteiger partial charge in [0, 0.05) is 18.5 Å². The molecule has 2 unspecified atom stereocenters. The number of carbonyl (C=O) groups is 2. The van der Waals surface area contributed by atoms with Crippen LogP contribution in [0.5, 0.6) is 0 Å². The van der Waals surface area contributed by atoms with Gasteiger partial charge in [0.05, 0.1) is 5.92 Å². The number of fused-ring (bicyclic) bond motifs is 1. The molecule has 2 atom stereocenters. The summed E-state index contributed by atoms with van der Waals surface area (Å²) in [7, 11) is 0. The van der Waals surface area contributed by atoms with Gasteiger partial charge >= 0.3 is 5.97 Å². The number of aryl methyl sites for hydroxylation is 1. The molecular weight excluding hydrogens is 270 g/mol. The van der Waals surface area contributed by atoms with E-state index < -0.39 is 11.9 Å². The Morgan fingerprint density at radius 1 is 1.29 bits per heavy atom. The first kappa shape index (κ1) is 13.7. The van der Waals surface area contributed by atoms with Gasteiger partial charge in [0.15, 0.2) is 5.76 Å². The van der Waals surface area contributed by atoms with E-state index >= 15 is 0 Å². The van der Waals surface area contributed by atoms with E-state index in [0.717, 1.165) is 10.9 Å². The van der Waals surface area contributed by atoms with Crippen LogP contribution in [0.25, 0.3) is 11.0 Å². The minimum Gasteiger partial charge on any atom is -0.481 e. The number of nitrogens with zero attached hydrogens (tertiary/aromatic N) is 1. The maximum absolute atomic E-state index is 12.5. The average Bonchev–Trinajstić information content (AvgIpc) is 3.00. The van der Waals surface area contributed by atoms with Crippen molar-refractivity contribution < 1.29 is 19.1 Å². The molecule has 1 aromatic carbocycles. The second-order valence-corrected chi connectivity index (χ2v) is 5.78. The van der Waals surface area contributed by atoms with Crippen molar-refractivity contribution in [3.63, 3.8) is 0 Å². The molecule has 1 aliphatic rings. The Balaban J connectivity index is 1.86. The first-order chi connectivity index (χ1) is 9.95. The molecule has 110 valence electrons. The van der Waals surface area contributed by atoms with E-state index in [9.17, 15) is 9.59 Å². The van der Waals surface area contributed by atoms with Gasteiger partial charge in [-0.05, 0) is 31.0 Å². The Labute approximate surface area is 122 Å². The van der Waals surface area contributed by atoms with Gasteiger partial charge in [0.2, 0.25) is 0 Å². The summed E-state index contributed by atoms with van der Waals surface area (Å²) >= 11 is 0. The summed E-state index contributed by atoms with van der Waals surface area (Å²) in [6.07, 6.45) is 0. The number of benzene rings is 1. The lowest BCUT2D eigenvalue weighted by Crippen LogP contribution is -2.29. The SMILES string of the molecule is Cc1ccc2oc(C(=O)N3CC(C)C(C(=O)O)C3)cc2c1. The van der Waals surface area contributed by atoms with Crippen molar-refractivity contribution in [1.29, 1.82) is 0 Å². The fraction of sp³-hybridized carbons (Fsp3) is 0.375. The third kappa shape index (κ3) is 2.39. The molecule has 0 bridgehead atoms. The molecular formula is C16H17NO4. The molecule has 0 aliphatic carbocycles. The average molecular weight is 287 g/mol. The molecule has 0 saturated carbocycles. The lowest BCUT2D eigenvalue weighted by molar-refractivity contribution is -0.142. The molecule has 1 aromatic heterocycles. The van der Waals surface area contributed by atoms with Crippen LogP contribution >= 0.6 is 0 Å². The van der Waals surface area contributed by atoms with Crippen LogP contribution in [-0.2, 0) is 4.79 Å². The highest BCUT2D eigenvalue weighted by Crippen LogP contribution is 2.27. The molecule has 2 aromatic rings. The minimum absolute atomic E-state index is 0.0435. The summed E-state index contributed by atoms with van der Waals surface area (Å²) < 4.78 is 5.59. The lowest BCUT2D eigenvalue weighted by Gasteiger charge is -2.13. The van der Waals surface area contributed by atoms with Crippen molar-refractivity contribution in [3.8, 4) is 0 Å². The molecule has 1 N–H and O–H groups in total. The van der Waals surface area contributed by atoms with E-state index in [4.69, 9.17) is 9.52 Å². The molecule has 2 heterocycles. The Morgan fingerprint density at radius 3 is 2.71 bits per heavy atom. The monoisotopic (exact) mass is 287 g/mol. The van der Waals surface area contributed by atoms with Crippen molar-refractivity contribution in [2.45, 2.75) is 13.8 Å². The summed E-state index contributed by atoms with van der Waals surface area (Å²) in [6.45, 7) is 4.53. The third-order valence-corrected chi connectivity index (χ3v) is 4.10. The highest BCUT2D eigenvalue weighted by Gasteiger charge is 2.38. The van der Waals surface area contributed by atoms with E-state index in [-0.39, 0.29) is 24.1 Å². The summed E-state index contributed by atoms with van der Waals surface area (Å²) in [5.41, 5.74) is 1.77. The standard InChI is InChI=1S/C16H17NO4/c1-9-3-4-13-11(5-9)6-14(21-13)15(18)17-7-10(2)12(8-17)16(19)20/h3-6,10,12H,7-8H2,1-2H3,(H,19,20). The molecule has 1 aliphatic heterocycles. The van der Waals surface area contributed by atoms with Gasteiger partial charge in [-0.25, -0.2) is 0 Å². The highest BCUT2D eigenvalue weighted by molar-refractivity contribution is 5.96. The Kier molecular flexibility index (Phi) is 3.20. The second-order valence-electron chi connectivity index (χ2n) is 5.78. The Morgan fingerprint density at radius 2 is 2.05 bits per heavy atom. The minimum atomic E-state index is -0.849. The Bertz CT molecular complexity index is 718. The van der Waals surface area contributed by atoms with Gasteiger partial charge in [-0.15, -0.1) is 0 Å². The molecule has 5 heteroatoms. The number of aliphatic carboxylic acids is 1. The van der Waals surface area contributed by atoms with Crippen molar-refractivity contribution >= 4 is 22.8 Å². The van der Waals surface area contributed by atoms with Crippen LogP contribution in [0, 0.1) is 18.8 Å². The maximum Gasteiger partial charge on any atom is 0.308 e. The zero-order valence-electron chi connectivity index (χ0n) is 12.0. The summed E-state index contributed by atoms with van der Waals surface area (Å²) in [6, 6.07) is 7.46. The quantitative estimate of drug-likeness (QED) is 0.921. The molecule has 21 heavy (non-hydrogen) atoms. The van der Waals surface area contributed by atoms with Crippen LogP contribution in [0.2, 0.25) is 0 Å². The van der Waals surface area contributed by atoms with Gasteiger partial charge < -0.3 is 14.4 Å². The van der Waals surface area contributed by atoms with Crippen LogP contribution in [0.15, 0.2) is 28.7 Å². The number of likely N-dealkylation sites (tertiary alicyclic amines) is 1. The van der Waals surface area contributed by atoms with Crippen molar-refractivity contribution in [2.24, 2.45) is 11.8 Å². The topological polar surface area (TPSA) is 70.8 Å². The molecule has 5 nitrogen and oxygen atoms in total. The molecule has 1 fully saturated rings. The number of furan rings is 1. The maximum atomic E-state index is 12.5. The molecule has 3 rings (SSSR count). The fourth-order valence-corrected chi connectivity index (χ4v) is 2.88. The van der Waals surface area contributed by atoms with Crippen molar-refractivity contribution in [1.82, 2.24) is 4.90 Å². The second kappa shape index (κ2) is 4.91. The van der Waals surface area contributed by atoms with Crippen LogP contribution < -0.4 is 0 Å². The van der Waals surface area contributed by atoms with Crippen LogP contribution in [-0.4, -0.2) is 35.0 Å². The number of hydrogen-bond acceptors (Lipinski definition) is 3. The van der Waals surface area contributed by atoms with Gasteiger partial charge in [-0.2, -0.15) is 0 Å². The largest absolute Gasteiger partial charge is 0.481 e. The van der Waals surface area contributed by atoms with E-state index in [1.165, 1.54) is 0 Å². The van der Waals surface area contributed by atoms with Crippen molar-refractivity contribution in [2.75, 3.05) is 13.1 Å². The summed E-state index contributed by atoms with van der Waals surface area (Å²) in [4.78, 5) is 25.2. The third-order valence-electron chi connectivity index (χ3n) is 4.10. The van der Waals surface area contributed by atoms with Crippen molar-refractivity contribution in [3.05, 3.63) is 35.6 Å². The molecule has 0 radical (unpaired) electrons. The van der Waals surface area contributed by atoms with Gasteiger partial charge in [-0.3, -0.25) is 9.59 Å². The normalized spacial score (nSPS) is 21.9. The van der Waals surface area contributed by atoms with Gasteiger partial charge in [0.25, 0.3) is 5.91 Å². The smallest absolute Gasteiger partial charge is 0.308 e. The Hall–Kier alpha value is -2.30. The molecule has 1 amide bonds. The van der Waals surface area contributed by atoms with Crippen LogP contribution in [0.4, 0.5) is 0 Å². The first-order valence-electron chi connectivity index (χ1n) is 6.98. The lowest BCUT2D eigenvalue weighted by atomic mass is 9.99. The van der Waals surface area contributed by atoms with Gasteiger partial charge in [-0.1, -0.05) is 18.6 Å². The van der Waals surface area contributed by atoms with Crippen LogP contribution in [0.3, 0.4) is 0 Å². The molecule has 1 saturated heterocycles. The zero-order chi connectivity index (χ0) is 15.1. The predicted octanol–water partition coefficient (Wildman–Crippen LogP) is 2.53. The van der Waals surface area contributed by atoms with E-state index in [2.05, 4.69) is 0 Å². The number of carbonyl (C=O) groups excluding carboxylic acids is 1. The zero-order valence-corrected chi connectivity index (χ0v) is 12.0. The fourth-order valence-electron chi connectivity index (χ4n) is 2.88. The number of carboxylic acids is 1. The van der Waals surface area contributed by atoms with E-state index in [1.807, 2.05) is 32.0 Å². The predicted molar refractivity (Wildman–Crippen MR) is 77.1 cm³/mol. The first-order valence-corrected chi connectivity index (χ1v) is 6.98. The van der Waals surface area contributed by atoms with Gasteiger partial charge in [0.1, 0.15) is 5.58 Å². The highest BCUT2D eigenvalue weighted by atomic mass is 16.4. The number of amides is 1. The number of rotatable bonds is 2. The van der Waals surface area contributed by atoms with Crippen LogP contribution in [0.1, 0.15) is 23.0 Å². The number of carboxylic acid groups (broad SMARTS) is 1.